The first-order valence-electron chi connectivity index (χ1n) is 3.39. The third-order valence-electron chi connectivity index (χ3n) is 1.48. The summed E-state index contributed by atoms with van der Waals surface area (Å²) in [6, 6.07) is 0. The van der Waals surface area contributed by atoms with E-state index in [0.29, 0.717) is 5.92 Å². The fourth-order valence-electron chi connectivity index (χ4n) is 0.810. The average molecular weight is 562 g/mol. The van der Waals surface area contributed by atoms with E-state index in [1.807, 2.05) is 0 Å². The van der Waals surface area contributed by atoms with Crippen LogP contribution in [0.25, 0.3) is 0 Å². The Hall–Kier alpha value is 2.07. The summed E-state index contributed by atoms with van der Waals surface area (Å²) in [4.78, 5) is 0. The van der Waals surface area contributed by atoms with Gasteiger partial charge in [-0.3, -0.25) is 0 Å². The van der Waals surface area contributed by atoms with E-state index in [0.717, 1.165) is 12.8 Å². The van der Waals surface area contributed by atoms with Gasteiger partial charge in [-0.2, -0.15) is 0 Å². The van der Waals surface area contributed by atoms with E-state index >= 15 is 0 Å². The minimum atomic E-state index is -0.140. The zero-order chi connectivity index (χ0) is 9.07. The molecular formula is C6H13I2N2Pt. The molecule has 0 aromatic heterocycles. The van der Waals surface area contributed by atoms with E-state index in [1.165, 1.54) is 0 Å². The number of hydrogen-bond donors (Lipinski definition) is 2. The summed E-state index contributed by atoms with van der Waals surface area (Å²) >= 11 is 6.75. The van der Waals surface area contributed by atoms with Crippen LogP contribution in [-0.2, 0) is 19.8 Å². The van der Waals surface area contributed by atoms with Gasteiger partial charge in [0.05, 0.1) is 0 Å². The van der Waals surface area contributed by atoms with Crippen molar-refractivity contribution in [3.8, 4) is 0 Å². The molecule has 71 valence electrons. The van der Waals surface area contributed by atoms with Gasteiger partial charge < -0.3 is 0 Å². The van der Waals surface area contributed by atoms with E-state index in [2.05, 4.69) is 71.9 Å². The van der Waals surface area contributed by atoms with Gasteiger partial charge in [0.25, 0.3) is 0 Å². The number of hydrogen-bond acceptors (Lipinski definition) is 2. The molecule has 0 heterocycles. The fraction of sp³-hybridized carbons (Fsp3) is 1.00. The molecule has 0 aromatic carbocycles. The maximum absolute atomic E-state index is 5.86. The second-order valence-corrected chi connectivity index (χ2v) is 9.97. The van der Waals surface area contributed by atoms with Gasteiger partial charge in [0.2, 0.25) is 0 Å². The van der Waals surface area contributed by atoms with Crippen LogP contribution in [0.3, 0.4) is 0 Å². The van der Waals surface area contributed by atoms with Crippen molar-refractivity contribution in [2.45, 2.75) is 25.7 Å². The topological polar surface area (TPSA) is 52.0 Å². The van der Waals surface area contributed by atoms with Crippen LogP contribution in [-0.4, -0.2) is 5.98 Å². The van der Waals surface area contributed by atoms with E-state index in [4.69, 9.17) is 11.5 Å². The van der Waals surface area contributed by atoms with E-state index in [1.54, 1.807) is 0 Å². The minimum absolute atomic E-state index is 0.140. The number of alkyl halides is 2. The van der Waals surface area contributed by atoms with Crippen LogP contribution >= 0.6 is 45.2 Å². The molecule has 11 heavy (non-hydrogen) atoms. The Balaban J connectivity index is 3.88. The van der Waals surface area contributed by atoms with E-state index in [-0.39, 0.29) is 5.98 Å². The standard InChI is InChI=1S/C6H13I2N2.Pt/c1-2-5(4-9)3-6(7,8)10;/h4-5H,2-3,9-10H2,1H3;. The molecule has 0 aliphatic carbocycles. The first kappa shape index (κ1) is 13.1. The molecule has 0 saturated carbocycles. The molecule has 0 fully saturated rings. The third-order valence-corrected chi connectivity index (χ3v) is 3.43. The molecule has 0 bridgehead atoms. The van der Waals surface area contributed by atoms with Gasteiger partial charge in [-0.15, -0.1) is 0 Å². The van der Waals surface area contributed by atoms with Gasteiger partial charge in [0.15, 0.2) is 0 Å². The monoisotopic (exact) mass is 562 g/mol. The fourth-order valence-corrected chi connectivity index (χ4v) is 2.74. The zero-order valence-electron chi connectivity index (χ0n) is 6.30. The summed E-state index contributed by atoms with van der Waals surface area (Å²) in [7, 11) is 0. The van der Waals surface area contributed by atoms with E-state index < -0.39 is 0 Å². The first-order chi connectivity index (χ1) is 4.87. The molecule has 0 amide bonds. The van der Waals surface area contributed by atoms with Crippen LogP contribution in [0.4, 0.5) is 0 Å². The van der Waals surface area contributed by atoms with E-state index in [9.17, 15) is 0 Å². The van der Waals surface area contributed by atoms with Gasteiger partial charge >= 0.3 is 108 Å². The molecule has 2 atom stereocenters. The van der Waals surface area contributed by atoms with Crippen LogP contribution < -0.4 is 11.5 Å². The summed E-state index contributed by atoms with van der Waals surface area (Å²) in [6.45, 7) is 2.16. The average Bonchev–Trinajstić information content (AvgIpc) is 1.80. The van der Waals surface area contributed by atoms with Crippen molar-refractivity contribution < 1.29 is 19.8 Å². The van der Waals surface area contributed by atoms with Gasteiger partial charge in [-0.25, -0.2) is 0 Å². The summed E-state index contributed by atoms with van der Waals surface area (Å²) in [6.07, 6.45) is 2.09. The summed E-state index contributed by atoms with van der Waals surface area (Å²) < 4.78 is 0.0896. The van der Waals surface area contributed by atoms with Crippen LogP contribution in [0.15, 0.2) is 0 Å². The second-order valence-electron chi connectivity index (χ2n) is 2.54. The van der Waals surface area contributed by atoms with Crippen LogP contribution in [0.2, 0.25) is 0 Å². The maximum atomic E-state index is 5.86. The molecule has 0 spiro atoms. The summed E-state index contributed by atoms with van der Waals surface area (Å²) in [5.41, 5.74) is 11.6. The Morgan fingerprint density at radius 3 is 2.09 bits per heavy atom. The number of nitrogens with two attached hydrogens (primary N) is 2. The predicted octanol–water partition coefficient (Wildman–Crippen LogP) is 1.72. The molecule has 5 heteroatoms. The Kier molecular flexibility index (Phi) is 6.80. The normalized spacial score (nSPS) is 18.1. The second kappa shape index (κ2) is 5.73. The van der Waals surface area contributed by atoms with Crippen molar-refractivity contribution in [1.29, 1.82) is 0 Å². The first-order valence-corrected chi connectivity index (χ1v) is 6.86. The molecule has 0 rings (SSSR count). The zero-order valence-corrected chi connectivity index (χ0v) is 12.9. The van der Waals surface area contributed by atoms with Gasteiger partial charge in [0.1, 0.15) is 0 Å². The molecule has 2 unspecified atom stereocenters. The molecule has 0 saturated heterocycles. The van der Waals surface area contributed by atoms with Crippen LogP contribution in [0, 0.1) is 5.92 Å². The SMILES string of the molecule is CCC(CC(N)(I)I)[CH](N)[Pt]. The van der Waals surface area contributed by atoms with Crippen LogP contribution in [0.5, 0.6) is 0 Å². The van der Waals surface area contributed by atoms with Crippen molar-refractivity contribution in [2.75, 3.05) is 0 Å². The number of halogens is 2. The molecule has 0 radical (unpaired) electrons. The molecule has 2 nitrogen and oxygen atoms in total. The van der Waals surface area contributed by atoms with Crippen molar-refractivity contribution in [3.63, 3.8) is 0 Å². The van der Waals surface area contributed by atoms with Crippen molar-refractivity contribution in [1.82, 2.24) is 0 Å². The third kappa shape index (κ3) is 7.16. The summed E-state index contributed by atoms with van der Waals surface area (Å²) in [5.74, 6) is 0.537. The molecule has 4 N–H and O–H groups in total. The summed E-state index contributed by atoms with van der Waals surface area (Å²) in [5, 5.41) is 0. The molecule has 0 aliphatic rings. The predicted molar refractivity (Wildman–Crippen MR) is 61.3 cm³/mol. The van der Waals surface area contributed by atoms with Gasteiger partial charge in [0, 0.05) is 0 Å². The molecule has 0 aliphatic heterocycles. The van der Waals surface area contributed by atoms with Crippen molar-refractivity contribution >= 4 is 45.2 Å². The van der Waals surface area contributed by atoms with Gasteiger partial charge in [-0.1, -0.05) is 0 Å². The molecular weight excluding hydrogens is 549 g/mol. The number of rotatable bonds is 4. The Labute approximate surface area is 107 Å². The van der Waals surface area contributed by atoms with Gasteiger partial charge in [-0.05, 0) is 0 Å². The molecule has 0 aromatic rings. The van der Waals surface area contributed by atoms with Crippen molar-refractivity contribution in [3.05, 3.63) is 0 Å². The quantitative estimate of drug-likeness (QED) is 0.312. The Morgan fingerprint density at radius 1 is 1.55 bits per heavy atom. The van der Waals surface area contributed by atoms with Crippen molar-refractivity contribution in [2.24, 2.45) is 17.4 Å². The van der Waals surface area contributed by atoms with Crippen LogP contribution in [0.1, 0.15) is 19.8 Å². The Bertz CT molecular complexity index is 114. The Morgan fingerprint density at radius 2 is 2.00 bits per heavy atom.